The van der Waals surface area contributed by atoms with Crippen molar-refractivity contribution in [3.05, 3.63) is 0 Å². The molecule has 0 aliphatic carbocycles. The molecule has 3 atom stereocenters. The maximum absolute atomic E-state index is 11.3. The highest BCUT2D eigenvalue weighted by atomic mass is 16.5. The molecule has 2 heterocycles. The summed E-state index contributed by atoms with van der Waals surface area (Å²) in [6.07, 6.45) is 1.83. The fourth-order valence-corrected chi connectivity index (χ4v) is 2.84. The summed E-state index contributed by atoms with van der Waals surface area (Å²) in [7, 11) is 0. The molecule has 14 heavy (non-hydrogen) atoms. The second-order valence-electron chi connectivity index (χ2n) is 4.86. The van der Waals surface area contributed by atoms with Gasteiger partial charge in [0.2, 0.25) is 0 Å². The molecule has 2 rings (SSSR count). The van der Waals surface area contributed by atoms with Crippen molar-refractivity contribution >= 4 is 5.97 Å². The van der Waals surface area contributed by atoms with Crippen LogP contribution in [0.4, 0.5) is 0 Å². The number of aliphatic carboxylic acids is 1. The lowest BCUT2D eigenvalue weighted by Crippen LogP contribution is -2.55. The van der Waals surface area contributed by atoms with E-state index >= 15 is 0 Å². The van der Waals surface area contributed by atoms with Crippen molar-refractivity contribution in [3.63, 3.8) is 0 Å². The average Bonchev–Trinajstić information content (AvgIpc) is 2.59. The Morgan fingerprint density at radius 1 is 1.50 bits per heavy atom. The first-order valence-electron chi connectivity index (χ1n) is 4.99. The first-order chi connectivity index (χ1) is 6.38. The van der Waals surface area contributed by atoms with Crippen LogP contribution in [0.5, 0.6) is 0 Å². The highest BCUT2D eigenvalue weighted by Gasteiger charge is 2.64. The van der Waals surface area contributed by atoms with Gasteiger partial charge in [-0.05, 0) is 33.1 Å². The van der Waals surface area contributed by atoms with E-state index in [1.54, 1.807) is 13.8 Å². The van der Waals surface area contributed by atoms with E-state index in [0.29, 0.717) is 6.42 Å². The van der Waals surface area contributed by atoms with E-state index in [0.717, 1.165) is 12.8 Å². The Morgan fingerprint density at radius 3 is 2.36 bits per heavy atom. The molecule has 2 aliphatic rings. The summed E-state index contributed by atoms with van der Waals surface area (Å²) in [4.78, 5) is 11.3. The van der Waals surface area contributed by atoms with E-state index in [1.807, 2.05) is 0 Å². The number of carboxylic acid groups (broad SMARTS) is 1. The molecule has 0 amide bonds. The smallest absolute Gasteiger partial charge is 0.315 e. The Kier molecular flexibility index (Phi) is 1.92. The van der Waals surface area contributed by atoms with E-state index in [2.05, 4.69) is 0 Å². The number of carboxylic acids is 1. The van der Waals surface area contributed by atoms with Gasteiger partial charge in [0.15, 0.2) is 0 Å². The summed E-state index contributed by atoms with van der Waals surface area (Å²) in [5.74, 6) is -0.933. The Hall–Kier alpha value is -0.610. The van der Waals surface area contributed by atoms with Crippen molar-refractivity contribution in [2.75, 3.05) is 0 Å². The average molecular weight is 200 g/mol. The van der Waals surface area contributed by atoms with E-state index in [9.17, 15) is 15.0 Å². The number of aliphatic hydroxyl groups is 1. The summed E-state index contributed by atoms with van der Waals surface area (Å²) in [6.45, 7) is 3.12. The first-order valence-corrected chi connectivity index (χ1v) is 4.99. The number of ether oxygens (including phenoxy) is 1. The minimum atomic E-state index is -1.22. The number of fused-ring (bicyclic) bond motifs is 2. The Morgan fingerprint density at radius 2 is 2.14 bits per heavy atom. The zero-order chi connectivity index (χ0) is 10.6. The highest BCUT2D eigenvalue weighted by molar-refractivity contribution is 5.78. The molecule has 2 fully saturated rings. The second kappa shape index (κ2) is 2.70. The molecule has 2 saturated heterocycles. The predicted octanol–water partition coefficient (Wildman–Crippen LogP) is 0.780. The molecule has 0 aromatic rings. The minimum absolute atomic E-state index is 0.0301. The van der Waals surface area contributed by atoms with Crippen molar-refractivity contribution in [3.8, 4) is 0 Å². The van der Waals surface area contributed by atoms with Gasteiger partial charge in [-0.2, -0.15) is 0 Å². The van der Waals surface area contributed by atoms with Crippen LogP contribution in [0.15, 0.2) is 0 Å². The number of carbonyl (C=O) groups is 1. The molecule has 2 N–H and O–H groups in total. The molecule has 0 saturated carbocycles. The molecular weight excluding hydrogens is 184 g/mol. The van der Waals surface area contributed by atoms with Crippen LogP contribution in [0.25, 0.3) is 0 Å². The van der Waals surface area contributed by atoms with Crippen LogP contribution < -0.4 is 0 Å². The van der Waals surface area contributed by atoms with Gasteiger partial charge in [-0.15, -0.1) is 0 Å². The molecule has 4 nitrogen and oxygen atoms in total. The van der Waals surface area contributed by atoms with Crippen LogP contribution in [-0.4, -0.2) is 34.0 Å². The summed E-state index contributed by atoms with van der Waals surface area (Å²) in [5.41, 5.74) is -2.32. The van der Waals surface area contributed by atoms with Crippen LogP contribution in [0.1, 0.15) is 33.1 Å². The van der Waals surface area contributed by atoms with Crippen molar-refractivity contribution in [1.29, 1.82) is 0 Å². The van der Waals surface area contributed by atoms with E-state index in [1.165, 1.54) is 0 Å². The Balaban J connectivity index is 2.39. The van der Waals surface area contributed by atoms with E-state index in [-0.39, 0.29) is 12.2 Å². The topological polar surface area (TPSA) is 66.8 Å². The monoisotopic (exact) mass is 200 g/mol. The van der Waals surface area contributed by atoms with Crippen molar-refractivity contribution < 1.29 is 19.7 Å². The van der Waals surface area contributed by atoms with Crippen LogP contribution in [-0.2, 0) is 9.53 Å². The summed E-state index contributed by atoms with van der Waals surface area (Å²) < 4.78 is 5.54. The quantitative estimate of drug-likeness (QED) is 0.691. The molecular formula is C10H16O4. The maximum atomic E-state index is 11.3. The van der Waals surface area contributed by atoms with Gasteiger partial charge < -0.3 is 14.9 Å². The summed E-state index contributed by atoms with van der Waals surface area (Å²) >= 11 is 0. The molecule has 0 aromatic carbocycles. The van der Waals surface area contributed by atoms with E-state index < -0.39 is 17.0 Å². The third-order valence-corrected chi connectivity index (χ3v) is 3.68. The fraction of sp³-hybridized carbons (Fsp3) is 0.900. The summed E-state index contributed by atoms with van der Waals surface area (Å²) in [6, 6.07) is 0. The van der Waals surface area contributed by atoms with Gasteiger partial charge in [0.25, 0.3) is 0 Å². The fourth-order valence-electron chi connectivity index (χ4n) is 2.84. The largest absolute Gasteiger partial charge is 0.481 e. The van der Waals surface area contributed by atoms with Gasteiger partial charge in [0.1, 0.15) is 5.41 Å². The van der Waals surface area contributed by atoms with Crippen LogP contribution in [0.2, 0.25) is 0 Å². The van der Waals surface area contributed by atoms with Gasteiger partial charge >= 0.3 is 5.97 Å². The van der Waals surface area contributed by atoms with Crippen molar-refractivity contribution in [2.45, 2.75) is 50.9 Å². The Bertz CT molecular complexity index is 268. The SMILES string of the molecule is CC(C)(O)C1(C(=O)O)CC2CCC1O2. The first kappa shape index (κ1) is 9.93. The molecule has 0 radical (unpaired) electrons. The van der Waals surface area contributed by atoms with Gasteiger partial charge in [-0.25, -0.2) is 0 Å². The molecule has 4 heteroatoms. The number of hydrogen-bond acceptors (Lipinski definition) is 3. The third-order valence-electron chi connectivity index (χ3n) is 3.68. The van der Waals surface area contributed by atoms with Crippen LogP contribution >= 0.6 is 0 Å². The molecule has 2 aliphatic heterocycles. The van der Waals surface area contributed by atoms with Gasteiger partial charge in [0, 0.05) is 0 Å². The number of rotatable bonds is 2. The number of hydrogen-bond donors (Lipinski definition) is 2. The standard InChI is InChI=1S/C10H16O4/c1-9(2,13)10(8(11)12)5-6-3-4-7(10)14-6/h6-7,13H,3-5H2,1-2H3,(H,11,12). The third kappa shape index (κ3) is 1.04. The molecule has 2 bridgehead atoms. The molecule has 3 unspecified atom stereocenters. The van der Waals surface area contributed by atoms with Gasteiger partial charge in [0.05, 0.1) is 17.8 Å². The zero-order valence-corrected chi connectivity index (χ0v) is 8.49. The Labute approximate surface area is 82.9 Å². The molecule has 80 valence electrons. The minimum Gasteiger partial charge on any atom is -0.481 e. The molecule has 0 spiro atoms. The van der Waals surface area contributed by atoms with Crippen LogP contribution in [0, 0.1) is 5.41 Å². The van der Waals surface area contributed by atoms with Crippen molar-refractivity contribution in [1.82, 2.24) is 0 Å². The van der Waals surface area contributed by atoms with Gasteiger partial charge in [-0.3, -0.25) is 4.79 Å². The normalized spacial score (nSPS) is 41.6. The van der Waals surface area contributed by atoms with Crippen LogP contribution in [0.3, 0.4) is 0 Å². The zero-order valence-electron chi connectivity index (χ0n) is 8.49. The summed E-state index contributed by atoms with van der Waals surface area (Å²) in [5, 5.41) is 19.3. The lowest BCUT2D eigenvalue weighted by Gasteiger charge is -2.40. The lowest BCUT2D eigenvalue weighted by molar-refractivity contribution is -0.172. The second-order valence-corrected chi connectivity index (χ2v) is 4.86. The predicted molar refractivity (Wildman–Crippen MR) is 48.9 cm³/mol. The lowest BCUT2D eigenvalue weighted by atomic mass is 9.64. The molecule has 0 aromatic heterocycles. The van der Waals surface area contributed by atoms with Gasteiger partial charge in [-0.1, -0.05) is 0 Å². The van der Waals surface area contributed by atoms with E-state index in [4.69, 9.17) is 4.74 Å². The maximum Gasteiger partial charge on any atom is 0.315 e. The van der Waals surface area contributed by atoms with Crippen molar-refractivity contribution in [2.24, 2.45) is 5.41 Å². The highest BCUT2D eigenvalue weighted by Crippen LogP contribution is 2.53.